The lowest BCUT2D eigenvalue weighted by atomic mass is 9.46. The van der Waals surface area contributed by atoms with E-state index in [-0.39, 0.29) is 46.5 Å². The summed E-state index contributed by atoms with van der Waals surface area (Å²) in [5.74, 6) is -2.46. The van der Waals surface area contributed by atoms with E-state index in [1.54, 1.807) is 0 Å². The molecule has 1 saturated heterocycles. The second-order valence-corrected chi connectivity index (χ2v) is 15.2. The highest BCUT2D eigenvalue weighted by Crippen LogP contribution is 2.70. The molecule has 3 heterocycles. The van der Waals surface area contributed by atoms with E-state index < -0.39 is 40.2 Å². The molecule has 6 atom stereocenters. The number of hydrogen-bond donors (Lipinski definition) is 2. The number of phenols is 1. The minimum atomic E-state index is -1.56. The second kappa shape index (κ2) is 10.7. The number of ketones is 2. The third-order valence-corrected chi connectivity index (χ3v) is 11.0. The molecule has 0 amide bonds. The molecule has 0 radical (unpaired) electrons. The molecule has 1 spiro atoms. The Morgan fingerprint density at radius 2 is 1.67 bits per heavy atom. The highest BCUT2D eigenvalue weighted by Gasteiger charge is 2.83. The van der Waals surface area contributed by atoms with Crippen molar-refractivity contribution in [2.45, 2.75) is 116 Å². The maximum Gasteiger partial charge on any atom is 0.330 e. The fourth-order valence-corrected chi connectivity index (χ4v) is 8.74. The van der Waals surface area contributed by atoms with Gasteiger partial charge in [-0.05, 0) is 99.6 Å². The predicted molar refractivity (Wildman–Crippen MR) is 174 cm³/mol. The fourth-order valence-electron chi connectivity index (χ4n) is 8.74. The quantitative estimate of drug-likeness (QED) is 0.227. The Kier molecular flexibility index (Phi) is 7.51. The van der Waals surface area contributed by atoms with Crippen molar-refractivity contribution in [3.05, 3.63) is 57.7 Å². The van der Waals surface area contributed by atoms with Crippen LogP contribution in [0.15, 0.2) is 41.0 Å². The number of Topliss-reactive ketones (excluding diaryl/α,β-unsaturated/α-hetero) is 2. The minimum Gasteiger partial charge on any atom is -0.506 e. The number of aliphatic carboxylic acids is 1. The van der Waals surface area contributed by atoms with Crippen LogP contribution in [0.4, 0.5) is 0 Å². The van der Waals surface area contributed by atoms with Crippen LogP contribution in [0, 0.1) is 17.8 Å². The zero-order chi connectivity index (χ0) is 33.6. The number of hydrogen-bond acceptors (Lipinski definition) is 7. The van der Waals surface area contributed by atoms with Gasteiger partial charge < -0.3 is 24.4 Å². The summed E-state index contributed by atoms with van der Waals surface area (Å²) in [5.41, 5.74) is -0.829. The summed E-state index contributed by atoms with van der Waals surface area (Å²) < 4.78 is 20.7. The number of carboxylic acid groups (broad SMARTS) is 1. The summed E-state index contributed by atoms with van der Waals surface area (Å²) in [7, 11) is 0. The molecular formula is C38H46O8. The monoisotopic (exact) mass is 630 g/mol. The van der Waals surface area contributed by atoms with Crippen LogP contribution in [-0.2, 0) is 20.7 Å². The van der Waals surface area contributed by atoms with Crippen molar-refractivity contribution < 1.29 is 38.8 Å². The van der Waals surface area contributed by atoms with E-state index in [1.807, 2.05) is 52.8 Å². The van der Waals surface area contributed by atoms with Crippen molar-refractivity contribution in [1.29, 1.82) is 0 Å². The normalized spacial score (nSPS) is 33.0. The van der Waals surface area contributed by atoms with Gasteiger partial charge in [0.25, 0.3) is 0 Å². The zero-order valence-electron chi connectivity index (χ0n) is 28.2. The number of aromatic hydroxyl groups is 1. The van der Waals surface area contributed by atoms with E-state index in [2.05, 4.69) is 19.9 Å². The number of carbonyl (C=O) groups excluding carboxylic acids is 2. The number of ether oxygens (including phenoxy) is 3. The van der Waals surface area contributed by atoms with Gasteiger partial charge in [0.1, 0.15) is 28.4 Å². The summed E-state index contributed by atoms with van der Waals surface area (Å²) in [4.78, 5) is 40.9. The largest absolute Gasteiger partial charge is 0.506 e. The van der Waals surface area contributed by atoms with Crippen LogP contribution in [0.3, 0.4) is 0 Å². The van der Waals surface area contributed by atoms with Crippen molar-refractivity contribution in [3.63, 3.8) is 0 Å². The third kappa shape index (κ3) is 4.54. The van der Waals surface area contributed by atoms with Gasteiger partial charge in [-0.2, -0.15) is 0 Å². The highest BCUT2D eigenvalue weighted by atomic mass is 16.6. The van der Waals surface area contributed by atoms with Crippen molar-refractivity contribution in [2.75, 3.05) is 0 Å². The number of carboxylic acids is 1. The Morgan fingerprint density at radius 1 is 0.978 bits per heavy atom. The topological polar surface area (TPSA) is 119 Å². The van der Waals surface area contributed by atoms with Crippen molar-refractivity contribution >= 4 is 23.6 Å². The Labute approximate surface area is 271 Å². The highest BCUT2D eigenvalue weighted by molar-refractivity contribution is 6.09. The molecule has 46 heavy (non-hydrogen) atoms. The van der Waals surface area contributed by atoms with Gasteiger partial charge in [0.15, 0.2) is 22.8 Å². The molecule has 3 aliphatic carbocycles. The molecule has 6 unspecified atom stereocenters. The smallest absolute Gasteiger partial charge is 0.330 e. The van der Waals surface area contributed by atoms with Gasteiger partial charge >= 0.3 is 5.97 Å². The van der Waals surface area contributed by atoms with Crippen LogP contribution in [0.5, 0.6) is 17.2 Å². The van der Waals surface area contributed by atoms with E-state index in [4.69, 9.17) is 14.2 Å². The first-order valence-electron chi connectivity index (χ1n) is 16.4. The lowest BCUT2D eigenvalue weighted by molar-refractivity contribution is -0.199. The lowest BCUT2D eigenvalue weighted by Crippen LogP contribution is -2.76. The molecule has 8 nitrogen and oxygen atoms in total. The van der Waals surface area contributed by atoms with Gasteiger partial charge in [-0.15, -0.1) is 0 Å². The minimum absolute atomic E-state index is 0.0264. The molecule has 3 aliphatic heterocycles. The van der Waals surface area contributed by atoms with Crippen molar-refractivity contribution in [1.82, 2.24) is 0 Å². The summed E-state index contributed by atoms with van der Waals surface area (Å²) in [5, 5.41) is 21.5. The molecule has 1 aromatic carbocycles. The molecule has 4 bridgehead atoms. The van der Waals surface area contributed by atoms with Crippen LogP contribution in [0.1, 0.15) is 109 Å². The predicted octanol–water partition coefficient (Wildman–Crippen LogP) is 7.32. The molecular weight excluding hydrogens is 584 g/mol. The van der Waals surface area contributed by atoms with Gasteiger partial charge in [0.05, 0.1) is 17.1 Å². The van der Waals surface area contributed by atoms with E-state index in [0.717, 1.165) is 12.0 Å². The lowest BCUT2D eigenvalue weighted by Gasteiger charge is -2.60. The zero-order valence-corrected chi connectivity index (χ0v) is 28.2. The first kappa shape index (κ1) is 32.3. The summed E-state index contributed by atoms with van der Waals surface area (Å²) in [6.45, 7) is 15.5. The number of carbonyl (C=O) groups is 3. The summed E-state index contributed by atoms with van der Waals surface area (Å²) in [6.07, 6.45) is 12.2. The van der Waals surface area contributed by atoms with Gasteiger partial charge in [0, 0.05) is 29.4 Å². The average Bonchev–Trinajstić information content (AvgIpc) is 3.12. The number of fused-ring (bicyclic) bond motifs is 2. The molecule has 4 fully saturated rings. The fraction of sp³-hybridized carbons (Fsp3) is 0.553. The maximum absolute atomic E-state index is 14.8. The van der Waals surface area contributed by atoms with Crippen LogP contribution in [-0.4, -0.2) is 50.2 Å². The molecule has 3 saturated carbocycles. The Bertz CT molecular complexity index is 1670. The number of benzene rings is 1. The molecule has 1 aromatic rings. The molecule has 6 aliphatic rings. The standard InChI is InChI=1S/C38H46O8/c1-20(2)10-9-15-36(8)16-14-24-29(39)28-30(40)26-18-23-19-27-35(6,7)46-37(33(23)41,17-13-22(5)34(42)43)38(26,27)45-32(28)25(31(24)44-36)12-11-21(3)4/h10-11,13-14,16,23,26-27,39H,9,12,15,17-19H2,1-8H3,(H,42,43)/b22-13-. The maximum atomic E-state index is 14.8. The molecule has 8 heteroatoms. The van der Waals surface area contributed by atoms with E-state index in [0.29, 0.717) is 42.6 Å². The molecule has 7 rings (SSSR count). The van der Waals surface area contributed by atoms with Crippen LogP contribution >= 0.6 is 0 Å². The number of allylic oxidation sites excluding steroid dienone is 4. The number of rotatable bonds is 8. The van der Waals surface area contributed by atoms with E-state index in [1.165, 1.54) is 18.6 Å². The summed E-state index contributed by atoms with van der Waals surface area (Å²) in [6, 6.07) is 0. The van der Waals surface area contributed by atoms with Gasteiger partial charge in [-0.3, -0.25) is 9.59 Å². The van der Waals surface area contributed by atoms with Gasteiger partial charge in [-0.1, -0.05) is 29.4 Å². The average molecular weight is 631 g/mol. The number of phenolic OH excluding ortho intramolecular Hbond substituents is 1. The van der Waals surface area contributed by atoms with Gasteiger partial charge in [0.2, 0.25) is 0 Å². The SMILES string of the molecule is CC(C)=CCCC1(C)C=Cc2c(O)c3c(c(CC=C(C)C)c2O1)OC12C(CC4CC1C(C)(C)OC2(C/C=C(/C)C(=O)O)C4=O)C3=O. The van der Waals surface area contributed by atoms with Crippen LogP contribution in [0.2, 0.25) is 0 Å². The molecule has 0 aromatic heterocycles. The Hall–Kier alpha value is -3.65. The van der Waals surface area contributed by atoms with Crippen molar-refractivity contribution in [2.24, 2.45) is 17.8 Å². The van der Waals surface area contributed by atoms with Crippen molar-refractivity contribution in [3.8, 4) is 17.2 Å². The van der Waals surface area contributed by atoms with Gasteiger partial charge in [-0.25, -0.2) is 4.79 Å². The summed E-state index contributed by atoms with van der Waals surface area (Å²) >= 11 is 0. The Balaban J connectivity index is 1.57. The van der Waals surface area contributed by atoms with E-state index in [9.17, 15) is 24.6 Å². The third-order valence-electron chi connectivity index (χ3n) is 11.0. The molecule has 246 valence electrons. The van der Waals surface area contributed by atoms with Crippen LogP contribution < -0.4 is 9.47 Å². The first-order chi connectivity index (χ1) is 21.5. The molecule has 2 N–H and O–H groups in total. The van der Waals surface area contributed by atoms with E-state index >= 15 is 0 Å². The second-order valence-electron chi connectivity index (χ2n) is 15.2. The Morgan fingerprint density at radius 3 is 2.33 bits per heavy atom. The van der Waals surface area contributed by atoms with Crippen LogP contribution in [0.25, 0.3) is 6.08 Å². The first-order valence-corrected chi connectivity index (χ1v) is 16.4.